The van der Waals surface area contributed by atoms with Crippen molar-refractivity contribution in [2.24, 2.45) is 7.05 Å². The molecule has 8 heteroatoms. The number of pyridine rings is 1. The number of aryl methyl sites for hydroxylation is 2. The van der Waals surface area contributed by atoms with Crippen molar-refractivity contribution in [3.8, 4) is 11.5 Å². The number of hydrogen-bond acceptors (Lipinski definition) is 6. The van der Waals surface area contributed by atoms with Crippen LogP contribution in [0.1, 0.15) is 18.4 Å². The SMILES string of the molecule is CNC(C)Cc1noc(-c2cnc3c(c2)c(C)nn3C)n1.Cl. The summed E-state index contributed by atoms with van der Waals surface area (Å²) >= 11 is 0. The van der Waals surface area contributed by atoms with Crippen LogP contribution in [0.15, 0.2) is 16.8 Å². The predicted octanol–water partition coefficient (Wildman–Crippen LogP) is 1.90. The van der Waals surface area contributed by atoms with Crippen molar-refractivity contribution in [3.05, 3.63) is 23.8 Å². The lowest BCUT2D eigenvalue weighted by Gasteiger charge is -2.04. The Labute approximate surface area is 134 Å². The molecule has 1 atom stereocenters. The molecule has 0 aliphatic carbocycles. The molecule has 0 amide bonds. The van der Waals surface area contributed by atoms with E-state index in [9.17, 15) is 0 Å². The molecule has 3 aromatic rings. The highest BCUT2D eigenvalue weighted by molar-refractivity contribution is 5.85. The van der Waals surface area contributed by atoms with Crippen molar-refractivity contribution in [1.29, 1.82) is 0 Å². The predicted molar refractivity (Wildman–Crippen MR) is 86.0 cm³/mol. The van der Waals surface area contributed by atoms with Gasteiger partial charge in [0.05, 0.1) is 11.3 Å². The fourth-order valence-electron chi connectivity index (χ4n) is 2.25. The van der Waals surface area contributed by atoms with E-state index in [2.05, 4.69) is 32.5 Å². The average Bonchev–Trinajstić information content (AvgIpc) is 3.04. The van der Waals surface area contributed by atoms with E-state index in [1.54, 1.807) is 10.9 Å². The zero-order valence-electron chi connectivity index (χ0n) is 13.0. The molecule has 0 fully saturated rings. The van der Waals surface area contributed by atoms with Crippen molar-refractivity contribution in [2.75, 3.05) is 7.05 Å². The van der Waals surface area contributed by atoms with Crippen LogP contribution in [0.4, 0.5) is 0 Å². The first-order valence-corrected chi connectivity index (χ1v) is 6.88. The van der Waals surface area contributed by atoms with Crippen molar-refractivity contribution in [2.45, 2.75) is 26.3 Å². The Balaban J connectivity index is 0.00000176. The monoisotopic (exact) mass is 322 g/mol. The van der Waals surface area contributed by atoms with Gasteiger partial charge in [-0.05, 0) is 27.0 Å². The Bertz CT molecular complexity index is 781. The number of hydrogen-bond donors (Lipinski definition) is 1. The summed E-state index contributed by atoms with van der Waals surface area (Å²) in [6.45, 7) is 4.03. The molecule has 0 saturated carbocycles. The third kappa shape index (κ3) is 2.95. The van der Waals surface area contributed by atoms with E-state index in [4.69, 9.17) is 4.52 Å². The van der Waals surface area contributed by atoms with E-state index >= 15 is 0 Å². The molecule has 0 aliphatic rings. The minimum Gasteiger partial charge on any atom is -0.334 e. The standard InChI is InChI=1S/C14H18N6O.ClH/c1-8(15-3)5-12-17-14(21-19-12)10-6-11-9(2)18-20(4)13(11)16-7-10;/h6-8,15H,5H2,1-4H3;1H. The Hall–Kier alpha value is -1.99. The summed E-state index contributed by atoms with van der Waals surface area (Å²) < 4.78 is 7.10. The molecule has 0 aliphatic heterocycles. The fraction of sp³-hybridized carbons (Fsp3) is 0.429. The minimum absolute atomic E-state index is 0. The summed E-state index contributed by atoms with van der Waals surface area (Å²) in [6, 6.07) is 2.29. The van der Waals surface area contributed by atoms with Gasteiger partial charge in [-0.3, -0.25) is 4.68 Å². The van der Waals surface area contributed by atoms with Gasteiger partial charge >= 0.3 is 0 Å². The maximum atomic E-state index is 5.34. The molecule has 1 unspecified atom stereocenters. The summed E-state index contributed by atoms with van der Waals surface area (Å²) in [5.41, 5.74) is 2.60. The molecule has 0 aromatic carbocycles. The van der Waals surface area contributed by atoms with Crippen LogP contribution in [0, 0.1) is 6.92 Å². The summed E-state index contributed by atoms with van der Waals surface area (Å²) in [5.74, 6) is 1.18. The molecule has 3 rings (SSSR count). The zero-order valence-corrected chi connectivity index (χ0v) is 13.8. The average molecular weight is 323 g/mol. The van der Waals surface area contributed by atoms with Crippen molar-refractivity contribution >= 4 is 23.4 Å². The van der Waals surface area contributed by atoms with E-state index in [0.29, 0.717) is 17.8 Å². The fourth-order valence-corrected chi connectivity index (χ4v) is 2.25. The highest BCUT2D eigenvalue weighted by Gasteiger charge is 2.14. The van der Waals surface area contributed by atoms with Crippen molar-refractivity contribution in [3.63, 3.8) is 0 Å². The van der Waals surface area contributed by atoms with Gasteiger partial charge in [0, 0.05) is 31.1 Å². The second kappa shape index (κ2) is 6.41. The Morgan fingerprint density at radius 2 is 2.18 bits per heavy atom. The number of aromatic nitrogens is 5. The van der Waals surface area contributed by atoms with Crippen LogP contribution in [0.3, 0.4) is 0 Å². The van der Waals surface area contributed by atoms with Gasteiger partial charge in [-0.1, -0.05) is 5.16 Å². The van der Waals surface area contributed by atoms with E-state index in [1.165, 1.54) is 0 Å². The summed E-state index contributed by atoms with van der Waals surface area (Å²) in [6.07, 6.45) is 2.46. The first kappa shape index (κ1) is 16.4. The van der Waals surface area contributed by atoms with Crippen LogP contribution in [0.2, 0.25) is 0 Å². The van der Waals surface area contributed by atoms with Gasteiger partial charge in [0.2, 0.25) is 0 Å². The van der Waals surface area contributed by atoms with Crippen LogP contribution in [0.5, 0.6) is 0 Å². The van der Waals surface area contributed by atoms with Crippen molar-refractivity contribution < 1.29 is 4.52 Å². The van der Waals surface area contributed by atoms with Crippen molar-refractivity contribution in [1.82, 2.24) is 30.2 Å². The van der Waals surface area contributed by atoms with Gasteiger partial charge in [0.15, 0.2) is 11.5 Å². The van der Waals surface area contributed by atoms with Crippen LogP contribution in [-0.2, 0) is 13.5 Å². The number of nitrogens with zero attached hydrogens (tertiary/aromatic N) is 5. The van der Waals surface area contributed by atoms with Gasteiger partial charge in [-0.25, -0.2) is 4.98 Å². The molecule has 0 saturated heterocycles. The highest BCUT2D eigenvalue weighted by atomic mass is 35.5. The number of fused-ring (bicyclic) bond motifs is 1. The third-order valence-electron chi connectivity index (χ3n) is 3.56. The lowest BCUT2D eigenvalue weighted by molar-refractivity contribution is 0.418. The van der Waals surface area contributed by atoms with Crippen LogP contribution in [0.25, 0.3) is 22.5 Å². The second-order valence-electron chi connectivity index (χ2n) is 5.21. The van der Waals surface area contributed by atoms with E-state index in [1.807, 2.05) is 27.1 Å². The minimum atomic E-state index is 0. The van der Waals surface area contributed by atoms with Gasteiger partial charge in [-0.15, -0.1) is 12.4 Å². The molecule has 118 valence electrons. The smallest absolute Gasteiger partial charge is 0.259 e. The number of nitrogens with one attached hydrogen (secondary N) is 1. The molecule has 0 radical (unpaired) electrons. The molecular formula is C14H19ClN6O. The molecule has 3 heterocycles. The van der Waals surface area contributed by atoms with E-state index < -0.39 is 0 Å². The van der Waals surface area contributed by atoms with E-state index in [-0.39, 0.29) is 12.4 Å². The summed E-state index contributed by atoms with van der Waals surface area (Å²) in [4.78, 5) is 8.85. The van der Waals surface area contributed by atoms with Gasteiger partial charge in [-0.2, -0.15) is 10.1 Å². The Morgan fingerprint density at radius 1 is 1.41 bits per heavy atom. The quantitative estimate of drug-likeness (QED) is 0.790. The molecule has 0 bridgehead atoms. The van der Waals surface area contributed by atoms with Gasteiger partial charge in [0.1, 0.15) is 0 Å². The number of halogens is 1. The lowest BCUT2D eigenvalue weighted by Crippen LogP contribution is -2.24. The number of rotatable bonds is 4. The lowest BCUT2D eigenvalue weighted by atomic mass is 10.2. The molecular weight excluding hydrogens is 304 g/mol. The summed E-state index contributed by atoms with van der Waals surface area (Å²) in [5, 5.41) is 12.5. The van der Waals surface area contributed by atoms with E-state index in [0.717, 1.165) is 28.7 Å². The molecule has 22 heavy (non-hydrogen) atoms. The molecule has 1 N–H and O–H groups in total. The van der Waals surface area contributed by atoms with Crippen LogP contribution >= 0.6 is 12.4 Å². The topological polar surface area (TPSA) is 81.7 Å². The highest BCUT2D eigenvalue weighted by Crippen LogP contribution is 2.23. The normalized spacial score (nSPS) is 12.4. The third-order valence-corrected chi connectivity index (χ3v) is 3.56. The van der Waals surface area contributed by atoms with Crippen LogP contribution < -0.4 is 5.32 Å². The first-order chi connectivity index (χ1) is 10.1. The largest absolute Gasteiger partial charge is 0.334 e. The summed E-state index contributed by atoms with van der Waals surface area (Å²) in [7, 11) is 3.79. The van der Waals surface area contributed by atoms with Gasteiger partial charge in [0.25, 0.3) is 5.89 Å². The van der Waals surface area contributed by atoms with Crippen LogP contribution in [-0.4, -0.2) is 38.0 Å². The Morgan fingerprint density at radius 3 is 2.91 bits per heavy atom. The molecule has 3 aromatic heterocycles. The maximum absolute atomic E-state index is 5.34. The second-order valence-corrected chi connectivity index (χ2v) is 5.21. The molecule has 7 nitrogen and oxygen atoms in total. The zero-order chi connectivity index (χ0) is 15.0. The first-order valence-electron chi connectivity index (χ1n) is 6.88. The number of likely N-dealkylation sites (N-methyl/N-ethyl adjacent to an activating group) is 1. The Kier molecular flexibility index (Phi) is 4.77. The molecule has 0 spiro atoms. The maximum Gasteiger partial charge on any atom is 0.259 e. The van der Waals surface area contributed by atoms with Gasteiger partial charge < -0.3 is 9.84 Å².